The molecule has 1 unspecified atom stereocenters. The maximum absolute atomic E-state index is 13.4. The van der Waals surface area contributed by atoms with Crippen molar-refractivity contribution in [3.05, 3.63) is 125 Å². The lowest BCUT2D eigenvalue weighted by molar-refractivity contribution is -0.115. The number of hydrogen-bond donors (Lipinski definition) is 4. The number of benzene rings is 4. The highest BCUT2D eigenvalue weighted by molar-refractivity contribution is 8.00. The van der Waals surface area contributed by atoms with Crippen LogP contribution in [0.25, 0.3) is 6.08 Å². The molecule has 0 heterocycles. The first-order valence-corrected chi connectivity index (χ1v) is 14.5. The van der Waals surface area contributed by atoms with Crippen LogP contribution in [0.15, 0.2) is 114 Å². The van der Waals surface area contributed by atoms with Gasteiger partial charge in [-0.3, -0.25) is 19.2 Å². The molecule has 4 aromatic carbocycles. The Bertz CT molecular complexity index is 1660. The molecule has 0 spiro atoms. The summed E-state index contributed by atoms with van der Waals surface area (Å²) in [5, 5.41) is 11.1. The van der Waals surface area contributed by atoms with E-state index in [-0.39, 0.29) is 17.5 Å². The van der Waals surface area contributed by atoms with Crippen LogP contribution in [0.5, 0.6) is 0 Å². The minimum absolute atomic E-state index is 0.0337. The lowest BCUT2D eigenvalue weighted by atomic mass is 10.1. The molecule has 43 heavy (non-hydrogen) atoms. The van der Waals surface area contributed by atoms with E-state index in [9.17, 15) is 19.2 Å². The van der Waals surface area contributed by atoms with Crippen LogP contribution in [-0.2, 0) is 14.4 Å². The lowest BCUT2D eigenvalue weighted by Crippen LogP contribution is -2.30. The average molecular weight is 613 g/mol. The molecule has 4 rings (SSSR count). The number of anilines is 3. The molecule has 0 aromatic heterocycles. The fraction of sp³-hybridized carbons (Fsp3) is 0.0909. The molecule has 0 bridgehead atoms. The summed E-state index contributed by atoms with van der Waals surface area (Å²) in [6, 6.07) is 29.4. The van der Waals surface area contributed by atoms with Crippen molar-refractivity contribution in [3.8, 4) is 0 Å². The Morgan fingerprint density at radius 1 is 0.744 bits per heavy atom. The molecular formula is C33H29ClN4O4S. The Morgan fingerprint density at radius 3 is 2.09 bits per heavy atom. The summed E-state index contributed by atoms with van der Waals surface area (Å²) >= 11 is 7.45. The Morgan fingerprint density at radius 2 is 1.42 bits per heavy atom. The van der Waals surface area contributed by atoms with Gasteiger partial charge in [-0.2, -0.15) is 0 Å². The second-order valence-corrected chi connectivity index (χ2v) is 11.3. The summed E-state index contributed by atoms with van der Waals surface area (Å²) in [4.78, 5) is 51.0. The predicted molar refractivity (Wildman–Crippen MR) is 173 cm³/mol. The van der Waals surface area contributed by atoms with Crippen molar-refractivity contribution in [2.45, 2.75) is 24.0 Å². The van der Waals surface area contributed by atoms with Crippen LogP contribution in [0.2, 0.25) is 5.02 Å². The van der Waals surface area contributed by atoms with Crippen molar-refractivity contribution < 1.29 is 19.2 Å². The molecule has 4 aromatic rings. The average Bonchev–Trinajstić information content (AvgIpc) is 2.98. The molecule has 0 saturated heterocycles. The van der Waals surface area contributed by atoms with Crippen LogP contribution in [0, 0.1) is 0 Å². The Hall–Kier alpha value is -4.86. The quantitative estimate of drug-likeness (QED) is 0.116. The molecule has 0 aliphatic heterocycles. The lowest BCUT2D eigenvalue weighted by Gasteiger charge is -2.14. The van der Waals surface area contributed by atoms with Gasteiger partial charge in [0, 0.05) is 39.5 Å². The van der Waals surface area contributed by atoms with Crippen LogP contribution < -0.4 is 21.3 Å². The normalized spacial score (nSPS) is 11.7. The highest BCUT2D eigenvalue weighted by Crippen LogP contribution is 2.27. The predicted octanol–water partition coefficient (Wildman–Crippen LogP) is 6.83. The zero-order valence-corrected chi connectivity index (χ0v) is 25.0. The maximum atomic E-state index is 13.4. The van der Waals surface area contributed by atoms with Crippen LogP contribution in [-0.4, -0.2) is 28.9 Å². The van der Waals surface area contributed by atoms with Crippen LogP contribution >= 0.6 is 23.4 Å². The van der Waals surface area contributed by atoms with Crippen molar-refractivity contribution in [3.63, 3.8) is 0 Å². The number of amides is 4. The van der Waals surface area contributed by atoms with Crippen molar-refractivity contribution in [1.29, 1.82) is 0 Å². The van der Waals surface area contributed by atoms with E-state index in [1.807, 2.05) is 6.07 Å². The molecule has 0 aliphatic carbocycles. The summed E-state index contributed by atoms with van der Waals surface area (Å²) in [7, 11) is 0. The maximum Gasteiger partial charge on any atom is 0.272 e. The van der Waals surface area contributed by atoms with Gasteiger partial charge in [-0.15, -0.1) is 11.8 Å². The van der Waals surface area contributed by atoms with Gasteiger partial charge >= 0.3 is 0 Å². The molecule has 4 amide bonds. The molecular weight excluding hydrogens is 584 g/mol. The largest absolute Gasteiger partial charge is 0.326 e. The van der Waals surface area contributed by atoms with Gasteiger partial charge in [0.15, 0.2) is 0 Å². The highest BCUT2D eigenvalue weighted by atomic mass is 35.5. The fourth-order valence-corrected chi connectivity index (χ4v) is 5.02. The van der Waals surface area contributed by atoms with E-state index in [0.29, 0.717) is 33.2 Å². The van der Waals surface area contributed by atoms with Gasteiger partial charge in [-0.1, -0.05) is 48.0 Å². The molecule has 0 aliphatic rings. The van der Waals surface area contributed by atoms with Crippen molar-refractivity contribution >= 4 is 70.1 Å². The number of carbonyl (C=O) groups excluding carboxylic acids is 4. The van der Waals surface area contributed by atoms with E-state index in [1.54, 1.807) is 110 Å². The zero-order chi connectivity index (χ0) is 30.8. The Labute approximate surface area is 258 Å². The first-order valence-electron chi connectivity index (χ1n) is 13.3. The fourth-order valence-electron chi connectivity index (χ4n) is 3.89. The van der Waals surface area contributed by atoms with E-state index in [1.165, 1.54) is 18.7 Å². The Kier molecular flexibility index (Phi) is 10.7. The molecule has 0 radical (unpaired) electrons. The van der Waals surface area contributed by atoms with E-state index >= 15 is 0 Å². The van der Waals surface area contributed by atoms with Gasteiger partial charge in [0.2, 0.25) is 11.8 Å². The van der Waals surface area contributed by atoms with Crippen molar-refractivity contribution in [2.75, 3.05) is 16.0 Å². The van der Waals surface area contributed by atoms with Gasteiger partial charge in [0.05, 0.1) is 5.25 Å². The second kappa shape index (κ2) is 14.9. The number of carbonyl (C=O) groups is 4. The smallest absolute Gasteiger partial charge is 0.272 e. The number of hydrogen-bond acceptors (Lipinski definition) is 5. The van der Waals surface area contributed by atoms with Gasteiger partial charge in [0.25, 0.3) is 11.8 Å². The van der Waals surface area contributed by atoms with Gasteiger partial charge < -0.3 is 21.3 Å². The topological polar surface area (TPSA) is 116 Å². The van der Waals surface area contributed by atoms with Crippen LogP contribution in [0.3, 0.4) is 0 Å². The molecule has 8 nitrogen and oxygen atoms in total. The number of halogens is 1. The van der Waals surface area contributed by atoms with Crippen LogP contribution in [0.1, 0.15) is 29.8 Å². The first kappa shape index (κ1) is 31.1. The van der Waals surface area contributed by atoms with Gasteiger partial charge in [-0.05, 0) is 85.3 Å². The Balaban J connectivity index is 1.44. The molecule has 1 atom stereocenters. The van der Waals surface area contributed by atoms with Crippen LogP contribution in [0.4, 0.5) is 17.1 Å². The minimum atomic E-state index is -0.528. The van der Waals surface area contributed by atoms with E-state index in [4.69, 9.17) is 11.6 Å². The van der Waals surface area contributed by atoms with Gasteiger partial charge in [-0.25, -0.2) is 0 Å². The third-order valence-electron chi connectivity index (χ3n) is 5.94. The molecule has 0 saturated carbocycles. The monoisotopic (exact) mass is 612 g/mol. The van der Waals surface area contributed by atoms with Gasteiger partial charge in [0.1, 0.15) is 5.70 Å². The third kappa shape index (κ3) is 9.59. The first-order chi connectivity index (χ1) is 20.7. The zero-order valence-electron chi connectivity index (χ0n) is 23.4. The standard InChI is InChI=1S/C33H29ClN4O4S/c1-21(31(40)36-27-16-14-26(15-17-27)35-22(2)39)43-29-13-7-12-28(20-29)37-33(42)30(19-23-8-6-11-25(34)18-23)38-32(41)24-9-4-3-5-10-24/h3-21H,1-2H3,(H,35,39)(H,36,40)(H,37,42)(H,38,41)/b30-19-. The summed E-state index contributed by atoms with van der Waals surface area (Å²) < 4.78 is 0. The summed E-state index contributed by atoms with van der Waals surface area (Å²) in [6.45, 7) is 3.21. The number of nitrogens with one attached hydrogen (secondary N) is 4. The molecule has 0 fully saturated rings. The second-order valence-electron chi connectivity index (χ2n) is 9.42. The molecule has 4 N–H and O–H groups in total. The summed E-state index contributed by atoms with van der Waals surface area (Å²) in [5.74, 6) is -1.34. The van der Waals surface area contributed by atoms with E-state index in [2.05, 4.69) is 21.3 Å². The SMILES string of the molecule is CC(=O)Nc1ccc(NC(=O)C(C)Sc2cccc(NC(=O)/C(=C/c3cccc(Cl)c3)NC(=O)c3ccccc3)c2)cc1. The molecule has 10 heteroatoms. The van der Waals surface area contributed by atoms with Crippen molar-refractivity contribution in [2.24, 2.45) is 0 Å². The minimum Gasteiger partial charge on any atom is -0.326 e. The number of thioether (sulfide) groups is 1. The molecule has 218 valence electrons. The third-order valence-corrected chi connectivity index (χ3v) is 7.26. The number of rotatable bonds is 10. The highest BCUT2D eigenvalue weighted by Gasteiger charge is 2.17. The van der Waals surface area contributed by atoms with E-state index in [0.717, 1.165) is 4.90 Å². The summed E-state index contributed by atoms with van der Waals surface area (Å²) in [5.41, 5.74) is 2.80. The van der Waals surface area contributed by atoms with Crippen molar-refractivity contribution in [1.82, 2.24) is 5.32 Å². The summed E-state index contributed by atoms with van der Waals surface area (Å²) in [6.07, 6.45) is 1.55. The van der Waals surface area contributed by atoms with E-state index < -0.39 is 17.1 Å².